The van der Waals surface area contributed by atoms with Crippen LogP contribution in [0.3, 0.4) is 0 Å². The van der Waals surface area contributed by atoms with E-state index in [4.69, 9.17) is 25.5 Å². The molecule has 0 heterocycles. The summed E-state index contributed by atoms with van der Waals surface area (Å²) in [5, 5.41) is 88.3. The van der Waals surface area contributed by atoms with Gasteiger partial charge in [-0.1, -0.05) is 0 Å². The first-order valence-corrected chi connectivity index (χ1v) is 38.9. The summed E-state index contributed by atoms with van der Waals surface area (Å²) in [5.74, 6) is -4.49. The largest absolute Gasteiger partial charge is 1.00 e. The maximum absolute atomic E-state index is 13.4. The fourth-order valence-corrected chi connectivity index (χ4v) is 25.3. The number of nitrogens with zero attached hydrogens (tertiary/aromatic N) is 2. The van der Waals surface area contributed by atoms with Gasteiger partial charge in [-0.05, 0) is 290 Å². The molecule has 28 nitrogen and oxygen atoms in total. The Morgan fingerprint density at radius 1 is 0.457 bits per heavy atom. The van der Waals surface area contributed by atoms with E-state index in [1.165, 1.54) is 37.7 Å². The van der Waals surface area contributed by atoms with Gasteiger partial charge in [0.2, 0.25) is 23.6 Å². The van der Waals surface area contributed by atoms with Crippen LogP contribution in [0.1, 0.15) is 76.0 Å². The Morgan fingerprint density at radius 2 is 0.777 bits per heavy atom. The van der Waals surface area contributed by atoms with Crippen LogP contribution in [-0.4, -0.2) is 202 Å². The van der Waals surface area contributed by atoms with Gasteiger partial charge < -0.3 is 93.4 Å². The van der Waals surface area contributed by atoms with Crippen molar-refractivity contribution in [3.05, 3.63) is 88.4 Å². The van der Waals surface area contributed by atoms with Crippen LogP contribution in [0, 0.1) is 42.8 Å². The first-order valence-electron chi connectivity index (χ1n) is 26.0. The van der Waals surface area contributed by atoms with E-state index < -0.39 is 92.1 Å². The summed E-state index contributed by atoms with van der Waals surface area (Å²) < 4.78 is 6.39. The molecular formula is C53H58I12N11NaO17. The Kier molecular flexibility index (Phi) is 44.8. The number of aliphatic hydroxyl groups is 6. The minimum absolute atomic E-state index is 0. The summed E-state index contributed by atoms with van der Waals surface area (Å²) in [7, 11) is 7.62. The summed E-state index contributed by atoms with van der Waals surface area (Å²) in [5.41, 5.74) is 3.15. The second-order valence-electron chi connectivity index (χ2n) is 18.5. The van der Waals surface area contributed by atoms with Crippen molar-refractivity contribution in [2.45, 2.75) is 38.3 Å². The summed E-state index contributed by atoms with van der Waals surface area (Å²) in [6.07, 6.45) is -5.65. The number of hydrogen-bond donors (Lipinski definition) is 15. The van der Waals surface area contributed by atoms with Crippen molar-refractivity contribution in [3.63, 3.8) is 0 Å². The molecule has 94 heavy (non-hydrogen) atoms. The van der Waals surface area contributed by atoms with Crippen LogP contribution in [0.2, 0.25) is 0 Å². The summed E-state index contributed by atoms with van der Waals surface area (Å²) in [4.78, 5) is 130. The first-order chi connectivity index (χ1) is 43.4. The van der Waals surface area contributed by atoms with Crippen molar-refractivity contribution in [2.75, 3.05) is 108 Å². The van der Waals surface area contributed by atoms with E-state index in [0.29, 0.717) is 76.7 Å². The van der Waals surface area contributed by atoms with Crippen LogP contribution in [0.15, 0.2) is 12.1 Å². The number of carbonyl (C=O) groups is 10. The maximum atomic E-state index is 13.4. The topological polar surface area (TPSA) is 430 Å². The number of rotatable bonds is 24. The molecule has 4 aromatic carbocycles. The van der Waals surface area contributed by atoms with Gasteiger partial charge in [-0.3, -0.25) is 47.9 Å². The van der Waals surface area contributed by atoms with E-state index in [2.05, 4.69) is 47.9 Å². The van der Waals surface area contributed by atoms with Crippen molar-refractivity contribution in [2.24, 2.45) is 0 Å². The predicted molar refractivity (Wildman–Crippen MR) is 447 cm³/mol. The molecule has 0 fully saturated rings. The average Bonchev–Trinajstić information content (AvgIpc) is 0.774. The molecule has 10 amide bonds. The molecule has 0 aliphatic carbocycles. The summed E-state index contributed by atoms with van der Waals surface area (Å²) in [6.45, 7) is 0.793. The number of halogens is 12. The molecule has 512 valence electrons. The molecule has 0 saturated heterocycles. The van der Waals surface area contributed by atoms with Crippen LogP contribution < -0.4 is 92.3 Å². The fourth-order valence-electron chi connectivity index (χ4n) is 7.35. The van der Waals surface area contributed by atoms with Gasteiger partial charge in [0.15, 0.2) is 0 Å². The molecule has 4 rings (SSSR count). The molecular weight excluding hydrogens is 2610 g/mol. The number of carbonyl (C=O) groups excluding carboxylic acids is 10. The summed E-state index contributed by atoms with van der Waals surface area (Å²) >= 11 is 23.8. The zero-order valence-electron chi connectivity index (χ0n) is 50.2. The van der Waals surface area contributed by atoms with Crippen LogP contribution in [0.5, 0.6) is 0 Å². The predicted octanol–water partition coefficient (Wildman–Crippen LogP) is 0.508. The van der Waals surface area contributed by atoms with Crippen molar-refractivity contribution < 1.29 is 113 Å². The van der Waals surface area contributed by atoms with Gasteiger partial charge in [0, 0.05) is 83.1 Å². The van der Waals surface area contributed by atoms with Gasteiger partial charge in [-0.25, -0.2) is 0 Å². The molecule has 0 saturated carbocycles. The van der Waals surface area contributed by atoms with E-state index in [-0.39, 0.29) is 95.8 Å². The molecule has 4 aromatic rings. The third kappa shape index (κ3) is 25.4. The standard InChI is InChI=1S/C23H21I6N5O6.C23H20I6N5O6.C7H17NO5.Na/c2*1-8(36)34(3)20-17(28)13(21(38)30-2)15(26)14(18(20)29)23(40)32-7-11(37)33-19-10(25)6-9(24)12(16(19)27)22(39)31-4-5-35;1-8-2-4(10)6(12)7(13)5(11)3-9;/h6,35H,4-5,7H2,1-3H3,(H,30,38)(H,31,39)(H,32,40)(H,33,37);6H,4-5,7H2,1-3H3,(H,30,38)(H,31,39)(H,32,40)(H,33,37);4-13H,2-3H2,1H3;/q;-1;;+1/t;;4-,5+,6+,7+;/m..0./s1. The van der Waals surface area contributed by atoms with Gasteiger partial charge in [-0.15, -0.1) is 6.61 Å². The Morgan fingerprint density at radius 3 is 1.07 bits per heavy atom. The number of nitrogens with one attached hydrogen (secondary N) is 9. The molecule has 0 bridgehead atoms. The first kappa shape index (κ1) is 93.0. The third-order valence-corrected chi connectivity index (χ3v) is 24.2. The molecule has 0 aromatic heterocycles. The van der Waals surface area contributed by atoms with E-state index in [1.54, 1.807) is 33.3 Å². The summed E-state index contributed by atoms with van der Waals surface area (Å²) in [6, 6.07) is 3.47. The van der Waals surface area contributed by atoms with Crippen LogP contribution in [0.25, 0.3) is 0 Å². The van der Waals surface area contributed by atoms with Gasteiger partial charge in [0.05, 0.1) is 110 Å². The molecule has 15 N–H and O–H groups in total. The quantitative estimate of drug-likeness (QED) is 0.0336. The van der Waals surface area contributed by atoms with Gasteiger partial charge in [-0.2, -0.15) is 0 Å². The van der Waals surface area contributed by atoms with Crippen LogP contribution in [-0.2, 0) is 19.2 Å². The SMILES string of the molecule is CNC(=O)c1c(I)c(C(=O)NCC(=O)Nc2c(I)cc(I)c(C(=O)NCCO)c2I)c(I)c(N(C)C(C)=O)c1I.CNC(=O)c1c(I)c(C(=O)NCC(=O)Nc2c(I)cc(I)c(C(=O)NCC[O-])c2I)c(I)c(N(C)C(C)=O)c1I.CNC[C@H](O)[C@@H](O)[C@H](O)[C@H](O)CO.[Na+]. The number of amides is 10. The Hall–Kier alpha value is 1.02. The van der Waals surface area contributed by atoms with Gasteiger partial charge in [0.25, 0.3) is 35.4 Å². The van der Waals surface area contributed by atoms with Crippen molar-refractivity contribution in [1.29, 1.82) is 0 Å². The number of likely N-dealkylation sites (N-methyl/N-ethyl adjacent to an activating group) is 1. The van der Waals surface area contributed by atoms with E-state index >= 15 is 0 Å². The van der Waals surface area contributed by atoms with Gasteiger partial charge >= 0.3 is 29.6 Å². The molecule has 41 heteroatoms. The van der Waals surface area contributed by atoms with Crippen molar-refractivity contribution in [1.82, 2.24) is 37.2 Å². The molecule has 0 spiro atoms. The van der Waals surface area contributed by atoms with E-state index in [0.717, 1.165) is 0 Å². The van der Waals surface area contributed by atoms with Gasteiger partial charge in [0.1, 0.15) is 18.3 Å². The number of anilines is 4. The fraction of sp³-hybridized carbons (Fsp3) is 0.358. The van der Waals surface area contributed by atoms with Crippen molar-refractivity contribution >= 4 is 353 Å². The number of benzene rings is 4. The molecule has 0 radical (unpaired) electrons. The zero-order chi connectivity index (χ0) is 71.4. The second kappa shape index (κ2) is 45.3. The Bertz CT molecular complexity index is 3320. The molecule has 4 atom stereocenters. The maximum Gasteiger partial charge on any atom is 1.00 e. The van der Waals surface area contributed by atoms with E-state index in [9.17, 15) is 58.2 Å². The second-order valence-corrected chi connectivity index (χ2v) is 31.7. The smallest absolute Gasteiger partial charge is 0.853 e. The zero-order valence-corrected chi connectivity index (χ0v) is 78.1. The Labute approximate surface area is 725 Å². The number of aliphatic hydroxyl groups excluding tert-OH is 6. The normalized spacial score (nSPS) is 11.9. The van der Waals surface area contributed by atoms with E-state index in [1.807, 2.05) is 271 Å². The third-order valence-electron chi connectivity index (χ3n) is 12.2. The van der Waals surface area contributed by atoms with Crippen LogP contribution >= 0.6 is 271 Å². The number of hydrogen-bond acceptors (Lipinski definition) is 18. The minimum atomic E-state index is -1.55. The van der Waals surface area contributed by atoms with Crippen LogP contribution in [0.4, 0.5) is 22.7 Å². The minimum Gasteiger partial charge on any atom is -0.853 e. The molecule has 0 unspecified atom stereocenters. The molecule has 0 aliphatic rings. The average molecular weight is 2670 g/mol. The Balaban J connectivity index is 0.000000783. The van der Waals surface area contributed by atoms with Crippen molar-refractivity contribution in [3.8, 4) is 0 Å². The molecule has 0 aliphatic heterocycles. The monoisotopic (exact) mass is 2670 g/mol.